The molecule has 7 heteroatoms. The molecule has 0 aliphatic carbocycles. The van der Waals surface area contributed by atoms with Crippen LogP contribution in [0.5, 0.6) is 0 Å². The van der Waals surface area contributed by atoms with Gasteiger partial charge in [-0.2, -0.15) is 4.68 Å². The maximum Gasteiger partial charge on any atom is 0.389 e. The van der Waals surface area contributed by atoms with Gasteiger partial charge in [-0.3, -0.25) is 0 Å². The molecule has 0 saturated heterocycles. The average molecular weight is 287 g/mol. The molecule has 1 aromatic carbocycles. The minimum absolute atomic E-state index is 0.113. The highest BCUT2D eigenvalue weighted by atomic mass is 16.6. The first-order valence-electron chi connectivity index (χ1n) is 6.95. The number of nitrogen functional groups attached to an aromatic ring is 1. The van der Waals surface area contributed by atoms with E-state index >= 15 is 0 Å². The van der Waals surface area contributed by atoms with Crippen molar-refractivity contribution in [1.82, 2.24) is 9.78 Å². The number of nitrogens with two attached hydrogens (primary N) is 1. The maximum atomic E-state index is 10.6. The van der Waals surface area contributed by atoms with Gasteiger partial charge in [-0.05, 0) is 35.5 Å². The Morgan fingerprint density at radius 1 is 1.33 bits per heavy atom. The summed E-state index contributed by atoms with van der Waals surface area (Å²) in [6, 6.07) is 7.39. The SMILES string of the molecule is Nc1cccc2c1CCCN2CCn1ccc([N+](=O)[O-])n1. The number of rotatable bonds is 4. The van der Waals surface area contributed by atoms with E-state index in [-0.39, 0.29) is 5.82 Å². The molecule has 3 rings (SSSR count). The molecule has 0 fully saturated rings. The van der Waals surface area contributed by atoms with Crippen LogP contribution >= 0.6 is 0 Å². The van der Waals surface area contributed by atoms with Crippen molar-refractivity contribution in [2.75, 3.05) is 23.7 Å². The van der Waals surface area contributed by atoms with Crippen molar-refractivity contribution in [2.24, 2.45) is 0 Å². The first kappa shape index (κ1) is 13.4. The Labute approximate surface area is 122 Å². The van der Waals surface area contributed by atoms with Crippen molar-refractivity contribution >= 4 is 17.2 Å². The van der Waals surface area contributed by atoms with E-state index in [0.717, 1.165) is 31.6 Å². The fourth-order valence-corrected chi connectivity index (χ4v) is 2.76. The van der Waals surface area contributed by atoms with Crippen LogP contribution in [0.15, 0.2) is 30.5 Å². The second-order valence-corrected chi connectivity index (χ2v) is 5.13. The van der Waals surface area contributed by atoms with Crippen LogP contribution in [0.2, 0.25) is 0 Å². The topological polar surface area (TPSA) is 90.2 Å². The monoisotopic (exact) mass is 287 g/mol. The normalized spacial score (nSPS) is 14.0. The third-order valence-electron chi connectivity index (χ3n) is 3.80. The summed E-state index contributed by atoms with van der Waals surface area (Å²) in [7, 11) is 0. The van der Waals surface area contributed by atoms with E-state index in [1.807, 2.05) is 12.1 Å². The van der Waals surface area contributed by atoms with Crippen molar-refractivity contribution in [3.05, 3.63) is 46.1 Å². The first-order valence-corrected chi connectivity index (χ1v) is 6.95. The predicted molar refractivity (Wildman–Crippen MR) is 80.3 cm³/mol. The van der Waals surface area contributed by atoms with Crippen LogP contribution in [0.1, 0.15) is 12.0 Å². The number of benzene rings is 1. The number of aromatic nitrogens is 2. The average Bonchev–Trinajstić information content (AvgIpc) is 2.95. The predicted octanol–water partition coefficient (Wildman–Crippen LogP) is 1.83. The smallest absolute Gasteiger partial charge is 0.389 e. The Kier molecular flexibility index (Phi) is 3.47. The van der Waals surface area contributed by atoms with Gasteiger partial charge in [0, 0.05) is 24.5 Å². The number of nitrogens with zero attached hydrogens (tertiary/aromatic N) is 4. The van der Waals surface area contributed by atoms with E-state index in [4.69, 9.17) is 5.73 Å². The molecule has 0 radical (unpaired) electrons. The number of anilines is 2. The lowest BCUT2D eigenvalue weighted by Crippen LogP contribution is -2.32. The van der Waals surface area contributed by atoms with Crippen LogP contribution in [0, 0.1) is 10.1 Å². The van der Waals surface area contributed by atoms with Crippen LogP contribution in [0.3, 0.4) is 0 Å². The van der Waals surface area contributed by atoms with Gasteiger partial charge in [-0.15, -0.1) is 0 Å². The molecule has 1 aliphatic rings. The summed E-state index contributed by atoms with van der Waals surface area (Å²) in [6.45, 7) is 2.34. The fraction of sp³-hybridized carbons (Fsp3) is 0.357. The Hall–Kier alpha value is -2.57. The summed E-state index contributed by atoms with van der Waals surface area (Å²) in [5, 5.41) is 14.6. The zero-order valence-electron chi connectivity index (χ0n) is 11.6. The third-order valence-corrected chi connectivity index (χ3v) is 3.80. The highest BCUT2D eigenvalue weighted by Crippen LogP contribution is 2.30. The number of fused-ring (bicyclic) bond motifs is 1. The van der Waals surface area contributed by atoms with Crippen molar-refractivity contribution in [3.63, 3.8) is 0 Å². The molecule has 110 valence electrons. The zero-order chi connectivity index (χ0) is 14.8. The standard InChI is InChI=1S/C14H17N5O2/c15-12-4-1-5-13-11(12)3-2-7-17(13)9-10-18-8-6-14(16-18)19(20)21/h1,4-6,8H,2-3,7,9-10,15H2. The van der Waals surface area contributed by atoms with E-state index in [9.17, 15) is 10.1 Å². The lowest BCUT2D eigenvalue weighted by molar-refractivity contribution is -0.389. The lowest BCUT2D eigenvalue weighted by atomic mass is 10.00. The molecular weight excluding hydrogens is 270 g/mol. The third kappa shape index (κ3) is 2.67. The molecule has 0 bridgehead atoms. The summed E-state index contributed by atoms with van der Waals surface area (Å²) in [6.07, 6.45) is 3.72. The molecule has 2 N–H and O–H groups in total. The van der Waals surface area contributed by atoms with E-state index in [2.05, 4.69) is 16.1 Å². The minimum atomic E-state index is -0.479. The fourth-order valence-electron chi connectivity index (χ4n) is 2.76. The second kappa shape index (κ2) is 5.43. The van der Waals surface area contributed by atoms with Crippen LogP contribution in [0.4, 0.5) is 17.2 Å². The maximum absolute atomic E-state index is 10.6. The van der Waals surface area contributed by atoms with Gasteiger partial charge >= 0.3 is 5.82 Å². The molecule has 1 aliphatic heterocycles. The van der Waals surface area contributed by atoms with Crippen LogP contribution in [-0.2, 0) is 13.0 Å². The van der Waals surface area contributed by atoms with Gasteiger partial charge in [0.05, 0.1) is 23.9 Å². The Bertz CT molecular complexity index is 667. The van der Waals surface area contributed by atoms with Crippen molar-refractivity contribution in [3.8, 4) is 0 Å². The molecule has 0 spiro atoms. The highest BCUT2D eigenvalue weighted by Gasteiger charge is 2.19. The number of hydrogen-bond acceptors (Lipinski definition) is 5. The summed E-state index contributed by atoms with van der Waals surface area (Å²) < 4.78 is 1.61. The summed E-state index contributed by atoms with van der Waals surface area (Å²) >= 11 is 0. The molecule has 1 aromatic heterocycles. The van der Waals surface area contributed by atoms with E-state index in [1.54, 1.807) is 10.9 Å². The minimum Gasteiger partial charge on any atom is -0.398 e. The van der Waals surface area contributed by atoms with Gasteiger partial charge in [0.15, 0.2) is 0 Å². The zero-order valence-corrected chi connectivity index (χ0v) is 11.6. The van der Waals surface area contributed by atoms with Gasteiger partial charge in [0.25, 0.3) is 0 Å². The van der Waals surface area contributed by atoms with Crippen LogP contribution in [0.25, 0.3) is 0 Å². The Morgan fingerprint density at radius 3 is 2.95 bits per heavy atom. The summed E-state index contributed by atoms with van der Waals surface area (Å²) in [5.74, 6) is -0.113. The first-order chi connectivity index (χ1) is 10.1. The highest BCUT2D eigenvalue weighted by molar-refractivity contribution is 5.66. The molecule has 2 aromatic rings. The molecule has 0 unspecified atom stereocenters. The van der Waals surface area contributed by atoms with E-state index in [1.165, 1.54) is 17.3 Å². The van der Waals surface area contributed by atoms with Crippen LogP contribution < -0.4 is 10.6 Å². The van der Waals surface area contributed by atoms with Crippen molar-refractivity contribution < 1.29 is 4.92 Å². The Balaban J connectivity index is 1.72. The van der Waals surface area contributed by atoms with Gasteiger partial charge in [0.1, 0.15) is 0 Å². The van der Waals surface area contributed by atoms with Crippen molar-refractivity contribution in [1.29, 1.82) is 0 Å². The molecule has 0 atom stereocenters. The number of hydrogen-bond donors (Lipinski definition) is 1. The summed E-state index contributed by atoms with van der Waals surface area (Å²) in [5.41, 5.74) is 9.24. The molecule has 0 amide bonds. The van der Waals surface area contributed by atoms with Gasteiger partial charge < -0.3 is 20.7 Å². The largest absolute Gasteiger partial charge is 0.398 e. The Morgan fingerprint density at radius 2 is 2.19 bits per heavy atom. The lowest BCUT2D eigenvalue weighted by Gasteiger charge is -2.31. The molecule has 0 saturated carbocycles. The molecule has 21 heavy (non-hydrogen) atoms. The van der Waals surface area contributed by atoms with E-state index < -0.39 is 4.92 Å². The van der Waals surface area contributed by atoms with E-state index in [0.29, 0.717) is 6.54 Å². The molecular formula is C14H17N5O2. The summed E-state index contributed by atoms with van der Waals surface area (Å²) in [4.78, 5) is 12.4. The number of nitro groups is 1. The van der Waals surface area contributed by atoms with Crippen molar-refractivity contribution in [2.45, 2.75) is 19.4 Å². The molecule has 7 nitrogen and oxygen atoms in total. The molecule has 2 heterocycles. The van der Waals surface area contributed by atoms with Gasteiger partial charge in [-0.25, -0.2) is 0 Å². The van der Waals surface area contributed by atoms with Gasteiger partial charge in [-0.1, -0.05) is 6.07 Å². The van der Waals surface area contributed by atoms with Gasteiger partial charge in [0.2, 0.25) is 0 Å². The quantitative estimate of drug-likeness (QED) is 0.526. The van der Waals surface area contributed by atoms with Crippen LogP contribution in [-0.4, -0.2) is 27.8 Å². The second-order valence-electron chi connectivity index (χ2n) is 5.13.